The molecule has 2 aromatic carbocycles. The number of Topliss-reactive ketones (excluding diaryl/α,β-unsaturated/α-hetero) is 3. The second-order valence-electron chi connectivity index (χ2n) is 20.3. The first-order valence-corrected chi connectivity index (χ1v) is 25.5. The number of hydrogen-bond donors (Lipinski definition) is 8. The molecule has 0 spiro atoms. The molecule has 4 rings (SSSR count). The Morgan fingerprint density at radius 1 is 0.767 bits per heavy atom. The van der Waals surface area contributed by atoms with E-state index in [0.717, 1.165) is 18.5 Å². The van der Waals surface area contributed by atoms with Crippen LogP contribution in [0.5, 0.6) is 0 Å². The van der Waals surface area contributed by atoms with Crippen LogP contribution < -0.4 is 43.0 Å². The lowest BCUT2D eigenvalue weighted by Gasteiger charge is -2.30. The first-order chi connectivity index (χ1) is 34.6. The molecule has 0 aliphatic carbocycles. The normalized spacial score (nSPS) is 17.7. The van der Waals surface area contributed by atoms with E-state index in [-0.39, 0.29) is 80.0 Å². The topological polar surface area (TPSA) is 287 Å². The second kappa shape index (κ2) is 28.6. The number of unbranched alkanes of at least 4 members (excludes halogenated alkanes) is 1. The van der Waals surface area contributed by atoms with Gasteiger partial charge in [0.25, 0.3) is 0 Å². The van der Waals surface area contributed by atoms with Crippen LogP contribution in [0.1, 0.15) is 110 Å². The number of anilines is 2. The van der Waals surface area contributed by atoms with Crippen molar-refractivity contribution in [2.24, 2.45) is 29.4 Å². The number of likely N-dealkylation sites (N-methyl/N-ethyl adjacent to an activating group) is 1. The summed E-state index contributed by atoms with van der Waals surface area (Å²) in [7, 11) is 5.18. The largest absolute Gasteiger partial charge is 0.359 e. The Kier molecular flexibility index (Phi) is 23.2. The van der Waals surface area contributed by atoms with Gasteiger partial charge in [0.1, 0.15) is 6.04 Å². The quantitative estimate of drug-likeness (QED) is 0.0543. The van der Waals surface area contributed by atoms with Gasteiger partial charge in [-0.25, -0.2) is 9.59 Å². The minimum absolute atomic E-state index is 0.0169. The fourth-order valence-corrected chi connectivity index (χ4v) is 9.24. The van der Waals surface area contributed by atoms with Crippen LogP contribution in [0, 0.1) is 23.7 Å². The van der Waals surface area contributed by atoms with E-state index in [2.05, 4.69) is 56.0 Å². The fraction of sp³-hybridized carbons (Fsp3) is 0.585. The molecule has 73 heavy (non-hydrogen) atoms. The summed E-state index contributed by atoms with van der Waals surface area (Å²) in [6, 6.07) is 8.75. The molecule has 0 aromatic heterocycles. The monoisotopic (exact) mass is 1010 g/mol. The molecule has 0 saturated carbocycles. The molecular formula is C53H78N10O10. The molecule has 2 aliphatic heterocycles. The van der Waals surface area contributed by atoms with Gasteiger partial charge in [-0.3, -0.25) is 43.7 Å². The molecule has 0 bridgehead atoms. The summed E-state index contributed by atoms with van der Waals surface area (Å²) < 4.78 is 0. The van der Waals surface area contributed by atoms with Crippen LogP contribution in [-0.2, 0) is 51.2 Å². The van der Waals surface area contributed by atoms with Crippen molar-refractivity contribution in [2.75, 3.05) is 44.9 Å². The van der Waals surface area contributed by atoms with Crippen LogP contribution in [0.2, 0.25) is 0 Å². The van der Waals surface area contributed by atoms with Crippen LogP contribution in [0.4, 0.5) is 21.0 Å². The van der Waals surface area contributed by atoms with E-state index in [1.807, 2.05) is 20.9 Å². The van der Waals surface area contributed by atoms with E-state index < -0.39 is 71.7 Å². The number of nitrogens with two attached hydrogens (primary N) is 1. The zero-order valence-electron chi connectivity index (χ0n) is 43.8. The average Bonchev–Trinajstić information content (AvgIpc) is 3.84. The minimum Gasteiger partial charge on any atom is -0.359 e. The minimum atomic E-state index is -1.04. The molecule has 7 atom stereocenters. The molecule has 2 aromatic rings. The summed E-state index contributed by atoms with van der Waals surface area (Å²) in [5, 5.41) is 18.3. The Bertz CT molecular complexity index is 2250. The Morgan fingerprint density at radius 2 is 1.37 bits per heavy atom. The van der Waals surface area contributed by atoms with Crippen molar-refractivity contribution in [1.82, 2.24) is 36.4 Å². The molecule has 2 aliphatic rings. The predicted molar refractivity (Wildman–Crippen MR) is 277 cm³/mol. The Morgan fingerprint density at radius 3 is 1.95 bits per heavy atom. The van der Waals surface area contributed by atoms with Gasteiger partial charge >= 0.3 is 12.1 Å². The number of nitrogens with zero attached hydrogens (tertiary/aromatic N) is 2. The van der Waals surface area contributed by atoms with Crippen molar-refractivity contribution in [3.05, 3.63) is 59.7 Å². The molecule has 0 radical (unpaired) electrons. The lowest BCUT2D eigenvalue weighted by atomic mass is 9.87. The molecule has 400 valence electrons. The summed E-state index contributed by atoms with van der Waals surface area (Å²) in [5.41, 5.74) is 7.57. The number of ketones is 3. The van der Waals surface area contributed by atoms with E-state index in [1.165, 1.54) is 7.05 Å². The maximum absolute atomic E-state index is 14.6. The summed E-state index contributed by atoms with van der Waals surface area (Å²) in [4.78, 5) is 136. The third-order valence-corrected chi connectivity index (χ3v) is 13.7. The number of hydrogen-bond acceptors (Lipinski definition) is 12. The number of rotatable bonds is 29. The molecule has 20 heteroatoms. The number of imide groups is 1. The summed E-state index contributed by atoms with van der Waals surface area (Å²) in [6.07, 6.45) is 2.87. The number of nitrogens with one attached hydrogen (secondary N) is 7. The number of amides is 9. The van der Waals surface area contributed by atoms with Gasteiger partial charge in [-0.15, -0.1) is 0 Å². The smallest absolute Gasteiger partial charge is 0.322 e. The van der Waals surface area contributed by atoms with Gasteiger partial charge in [-0.05, 0) is 121 Å². The predicted octanol–water partition coefficient (Wildman–Crippen LogP) is 3.61. The van der Waals surface area contributed by atoms with E-state index in [9.17, 15) is 47.9 Å². The van der Waals surface area contributed by atoms with Crippen molar-refractivity contribution >= 4 is 70.3 Å². The summed E-state index contributed by atoms with van der Waals surface area (Å²) in [5.74, 6) is -5.35. The first kappa shape index (κ1) is 59.0. The average molecular weight is 1020 g/mol. The van der Waals surface area contributed by atoms with Crippen molar-refractivity contribution in [1.29, 1.82) is 0 Å². The second-order valence-corrected chi connectivity index (χ2v) is 20.3. The van der Waals surface area contributed by atoms with Gasteiger partial charge < -0.3 is 47.4 Å². The standard InChI is InChI=1S/C53H78N10O10/c1-31(2)24-41(45(65)28-36(12-9-10-22-62(8)32(3)4)51(71)63-23-11-13-43(63)46(66)25-33(5)48(68)56-7)59-49(69)37(26-34-14-20-39(21-15-34)58-52(54)72)29-44(64)40(55-6)27-35-16-18-38(19-17-35)57-50(70)42-30-47(67)61-53(73)60-42/h14-21,31-33,36-37,40-43,55H,9-13,22-30H2,1-8H3,(H,56,68)(H,57,70)(H,59,69)(H3,54,58,72)(H2,60,61,67,73)/t33-,36?,37-,40-,41-,42-,43?/m0/s1. The number of primary amides is 1. The number of urea groups is 2. The molecular weight excluding hydrogens is 937 g/mol. The molecule has 9 N–H and O–H groups in total. The summed E-state index contributed by atoms with van der Waals surface area (Å²) >= 11 is 0. The highest BCUT2D eigenvalue weighted by Crippen LogP contribution is 2.28. The van der Waals surface area contributed by atoms with Gasteiger partial charge in [0.2, 0.25) is 29.5 Å². The first-order valence-electron chi connectivity index (χ1n) is 25.5. The number of likely N-dealkylation sites (tertiary alicyclic amines) is 1. The van der Waals surface area contributed by atoms with Gasteiger partial charge in [-0.1, -0.05) is 51.5 Å². The molecule has 2 fully saturated rings. The van der Waals surface area contributed by atoms with Crippen molar-refractivity contribution in [3.8, 4) is 0 Å². The maximum Gasteiger partial charge on any atom is 0.322 e. The Hall–Kier alpha value is -6.54. The van der Waals surface area contributed by atoms with E-state index >= 15 is 0 Å². The van der Waals surface area contributed by atoms with E-state index in [1.54, 1.807) is 67.4 Å². The number of carbonyl (C=O) groups is 10. The van der Waals surface area contributed by atoms with Crippen LogP contribution in [0.25, 0.3) is 0 Å². The van der Waals surface area contributed by atoms with Crippen LogP contribution in [0.15, 0.2) is 48.5 Å². The van der Waals surface area contributed by atoms with Gasteiger partial charge in [-0.2, -0.15) is 0 Å². The lowest BCUT2D eigenvalue weighted by molar-refractivity contribution is -0.143. The van der Waals surface area contributed by atoms with E-state index in [4.69, 9.17) is 5.73 Å². The molecule has 2 saturated heterocycles. The molecule has 2 heterocycles. The Balaban J connectivity index is 1.56. The van der Waals surface area contributed by atoms with Gasteiger partial charge in [0.15, 0.2) is 17.3 Å². The van der Waals surface area contributed by atoms with Crippen LogP contribution in [0.3, 0.4) is 0 Å². The van der Waals surface area contributed by atoms with Crippen molar-refractivity contribution in [3.63, 3.8) is 0 Å². The zero-order chi connectivity index (χ0) is 53.9. The third kappa shape index (κ3) is 18.8. The number of benzene rings is 2. The fourth-order valence-electron chi connectivity index (χ4n) is 9.24. The van der Waals surface area contributed by atoms with E-state index in [0.29, 0.717) is 55.2 Å². The van der Waals surface area contributed by atoms with Crippen LogP contribution in [-0.4, -0.2) is 133 Å². The highest BCUT2D eigenvalue weighted by molar-refractivity contribution is 6.06. The highest BCUT2D eigenvalue weighted by atomic mass is 16.2. The summed E-state index contributed by atoms with van der Waals surface area (Å²) in [6.45, 7) is 10.9. The third-order valence-electron chi connectivity index (χ3n) is 13.7. The van der Waals surface area contributed by atoms with Crippen molar-refractivity contribution in [2.45, 2.75) is 142 Å². The maximum atomic E-state index is 14.6. The van der Waals surface area contributed by atoms with Crippen molar-refractivity contribution < 1.29 is 47.9 Å². The molecule has 20 nitrogen and oxygen atoms in total. The molecule has 9 amide bonds. The van der Waals surface area contributed by atoms with Crippen LogP contribution >= 0.6 is 0 Å². The van der Waals surface area contributed by atoms with Gasteiger partial charge in [0.05, 0.1) is 24.5 Å². The lowest BCUT2D eigenvalue weighted by Crippen LogP contribution is -2.56. The Labute approximate surface area is 429 Å². The zero-order valence-corrected chi connectivity index (χ0v) is 43.8. The highest BCUT2D eigenvalue weighted by Gasteiger charge is 2.39. The van der Waals surface area contributed by atoms with Gasteiger partial charge in [0, 0.05) is 68.0 Å². The molecule has 2 unspecified atom stereocenters. The number of carbonyl (C=O) groups excluding carboxylic acids is 10. The SMILES string of the molecule is CNC(=O)[C@@H](C)CC(=O)C1CCCN1C(=O)C(CCCCN(C)C(C)C)CC(=O)[C@H](CC(C)C)NC(=O)[C@H](CC(=O)[C@H](Cc1ccc(NC(=O)[C@@H]2CC(=O)NC(=O)N2)cc1)NC)Cc1ccc(NC(N)=O)cc1.